The standard InChI is InChI=1S/C33H38N4O2/c38-33(35-19-7-8-21-37-24-20-34-26-37)29-13-15-30(16-14-29)39-31-17-22-36(23-18-31)25-32(27-9-3-1-4-10-27)28-11-5-2-6-12-28/h1-6,9-16,20,24,26,31-32H,7-8,17-19,21-23,25H2,(H,35,38). The SMILES string of the molecule is O=C(NCCCCn1ccnc1)c1ccc(OC2CCN(CC(c3ccccc3)c3ccccc3)CC2)cc1. The van der Waals surface area contributed by atoms with Crippen molar-refractivity contribution in [3.63, 3.8) is 0 Å². The third-order valence-corrected chi connectivity index (χ3v) is 7.49. The molecule has 1 fully saturated rings. The van der Waals surface area contributed by atoms with Crippen LogP contribution in [-0.4, -0.2) is 52.6 Å². The molecule has 2 heterocycles. The van der Waals surface area contributed by atoms with Gasteiger partial charge in [0.2, 0.25) is 0 Å². The molecule has 0 unspecified atom stereocenters. The van der Waals surface area contributed by atoms with Gasteiger partial charge in [0.1, 0.15) is 11.9 Å². The Hall–Kier alpha value is -3.90. The van der Waals surface area contributed by atoms with Crippen LogP contribution in [0.2, 0.25) is 0 Å². The Morgan fingerprint density at radius 3 is 2.18 bits per heavy atom. The number of hydrogen-bond donors (Lipinski definition) is 1. The molecule has 0 radical (unpaired) electrons. The van der Waals surface area contributed by atoms with E-state index in [-0.39, 0.29) is 12.0 Å². The molecular formula is C33H38N4O2. The maximum atomic E-state index is 12.5. The van der Waals surface area contributed by atoms with E-state index in [0.717, 1.165) is 57.6 Å². The highest BCUT2D eigenvalue weighted by molar-refractivity contribution is 5.94. The molecule has 1 saturated heterocycles. The molecule has 1 amide bonds. The van der Waals surface area contributed by atoms with Crippen LogP contribution in [-0.2, 0) is 6.54 Å². The minimum atomic E-state index is -0.0381. The highest BCUT2D eigenvalue weighted by Gasteiger charge is 2.24. The summed E-state index contributed by atoms with van der Waals surface area (Å²) in [6.07, 6.45) is 9.69. The molecule has 1 aromatic heterocycles. The number of likely N-dealkylation sites (tertiary alicyclic amines) is 1. The van der Waals surface area contributed by atoms with Gasteiger partial charge in [0.05, 0.1) is 6.33 Å². The van der Waals surface area contributed by atoms with Crippen LogP contribution in [0.5, 0.6) is 5.75 Å². The summed E-state index contributed by atoms with van der Waals surface area (Å²) < 4.78 is 8.35. The molecule has 1 aliphatic rings. The molecule has 4 aromatic rings. The molecule has 39 heavy (non-hydrogen) atoms. The van der Waals surface area contributed by atoms with Crippen LogP contribution in [0.3, 0.4) is 0 Å². The lowest BCUT2D eigenvalue weighted by molar-refractivity contribution is 0.0951. The molecule has 0 bridgehead atoms. The van der Waals surface area contributed by atoms with E-state index >= 15 is 0 Å². The molecule has 202 valence electrons. The van der Waals surface area contributed by atoms with Gasteiger partial charge in [0, 0.05) is 56.6 Å². The molecule has 5 rings (SSSR count). The van der Waals surface area contributed by atoms with Gasteiger partial charge in [-0.25, -0.2) is 4.98 Å². The summed E-state index contributed by atoms with van der Waals surface area (Å²) in [6, 6.07) is 29.2. The van der Waals surface area contributed by atoms with Crippen LogP contribution >= 0.6 is 0 Å². The Morgan fingerprint density at radius 1 is 0.897 bits per heavy atom. The lowest BCUT2D eigenvalue weighted by atomic mass is 9.90. The number of unbranched alkanes of at least 4 members (excludes halogenated alkanes) is 1. The van der Waals surface area contributed by atoms with Crippen LogP contribution in [0.15, 0.2) is 104 Å². The summed E-state index contributed by atoms with van der Waals surface area (Å²) in [4.78, 5) is 19.1. The van der Waals surface area contributed by atoms with Crippen LogP contribution in [0, 0.1) is 0 Å². The maximum Gasteiger partial charge on any atom is 0.251 e. The average Bonchev–Trinajstić information content (AvgIpc) is 3.51. The van der Waals surface area contributed by atoms with Gasteiger partial charge in [0.15, 0.2) is 0 Å². The van der Waals surface area contributed by atoms with Gasteiger partial charge < -0.3 is 19.5 Å². The third-order valence-electron chi connectivity index (χ3n) is 7.49. The van der Waals surface area contributed by atoms with Crippen LogP contribution < -0.4 is 10.1 Å². The van der Waals surface area contributed by atoms with E-state index in [1.165, 1.54) is 11.1 Å². The molecule has 0 saturated carbocycles. The zero-order valence-corrected chi connectivity index (χ0v) is 22.5. The number of ether oxygens (including phenoxy) is 1. The number of hydrogen-bond acceptors (Lipinski definition) is 4. The van der Waals surface area contributed by atoms with Crippen molar-refractivity contribution >= 4 is 5.91 Å². The van der Waals surface area contributed by atoms with Gasteiger partial charge in [-0.3, -0.25) is 4.79 Å². The minimum Gasteiger partial charge on any atom is -0.490 e. The van der Waals surface area contributed by atoms with Gasteiger partial charge in [-0.05, 0) is 61.1 Å². The predicted octanol–water partition coefficient (Wildman–Crippen LogP) is 5.77. The molecule has 0 aliphatic carbocycles. The first kappa shape index (κ1) is 26.7. The monoisotopic (exact) mass is 522 g/mol. The number of imidazole rings is 1. The topological polar surface area (TPSA) is 59.4 Å². The fourth-order valence-corrected chi connectivity index (χ4v) is 5.26. The first-order chi connectivity index (χ1) is 19.2. The molecule has 1 N–H and O–H groups in total. The number of nitrogens with one attached hydrogen (secondary N) is 1. The van der Waals surface area contributed by atoms with Gasteiger partial charge in [-0.2, -0.15) is 0 Å². The average molecular weight is 523 g/mol. The van der Waals surface area contributed by atoms with E-state index in [2.05, 4.69) is 80.4 Å². The van der Waals surface area contributed by atoms with E-state index in [1.807, 2.05) is 36.8 Å². The van der Waals surface area contributed by atoms with Crippen molar-refractivity contribution in [3.05, 3.63) is 120 Å². The van der Waals surface area contributed by atoms with Crippen molar-refractivity contribution in [1.82, 2.24) is 19.8 Å². The molecule has 3 aromatic carbocycles. The maximum absolute atomic E-state index is 12.5. The Morgan fingerprint density at radius 2 is 1.56 bits per heavy atom. The normalized spacial score (nSPS) is 14.4. The van der Waals surface area contributed by atoms with Crippen molar-refractivity contribution in [2.45, 2.75) is 44.2 Å². The molecule has 1 aliphatic heterocycles. The number of carbonyl (C=O) groups is 1. The van der Waals surface area contributed by atoms with Crippen molar-refractivity contribution in [2.24, 2.45) is 0 Å². The summed E-state index contributed by atoms with van der Waals surface area (Å²) in [7, 11) is 0. The summed E-state index contributed by atoms with van der Waals surface area (Å²) in [6.45, 7) is 4.62. The molecule has 0 atom stereocenters. The van der Waals surface area contributed by atoms with Crippen LogP contribution in [0.4, 0.5) is 0 Å². The highest BCUT2D eigenvalue weighted by Crippen LogP contribution is 2.28. The first-order valence-corrected chi connectivity index (χ1v) is 14.1. The molecule has 6 heteroatoms. The van der Waals surface area contributed by atoms with Crippen molar-refractivity contribution in [2.75, 3.05) is 26.2 Å². The summed E-state index contributed by atoms with van der Waals surface area (Å²) in [5, 5.41) is 3.01. The van der Waals surface area contributed by atoms with Gasteiger partial charge in [-0.15, -0.1) is 0 Å². The largest absolute Gasteiger partial charge is 0.490 e. The van der Waals surface area contributed by atoms with E-state index in [0.29, 0.717) is 18.0 Å². The highest BCUT2D eigenvalue weighted by atomic mass is 16.5. The van der Waals surface area contributed by atoms with Crippen LogP contribution in [0.25, 0.3) is 0 Å². The number of rotatable bonds is 12. The fourth-order valence-electron chi connectivity index (χ4n) is 5.26. The van der Waals surface area contributed by atoms with E-state index in [1.54, 1.807) is 6.20 Å². The number of carbonyl (C=O) groups excluding carboxylic acids is 1. The molecular weight excluding hydrogens is 484 g/mol. The number of nitrogens with zero attached hydrogens (tertiary/aromatic N) is 3. The van der Waals surface area contributed by atoms with E-state index in [9.17, 15) is 4.79 Å². The lowest BCUT2D eigenvalue weighted by Gasteiger charge is -2.34. The number of aryl methyl sites for hydroxylation is 1. The summed E-state index contributed by atoms with van der Waals surface area (Å²) in [5.41, 5.74) is 3.39. The van der Waals surface area contributed by atoms with E-state index < -0.39 is 0 Å². The van der Waals surface area contributed by atoms with Gasteiger partial charge >= 0.3 is 0 Å². The summed E-state index contributed by atoms with van der Waals surface area (Å²) in [5.74, 6) is 1.15. The van der Waals surface area contributed by atoms with Gasteiger partial charge in [-0.1, -0.05) is 60.7 Å². The van der Waals surface area contributed by atoms with Gasteiger partial charge in [0.25, 0.3) is 5.91 Å². The Labute approximate surface area is 231 Å². The second kappa shape index (κ2) is 13.8. The Bertz CT molecular complexity index is 1210. The molecule has 0 spiro atoms. The second-order valence-corrected chi connectivity index (χ2v) is 10.3. The quantitative estimate of drug-likeness (QED) is 0.240. The van der Waals surface area contributed by atoms with Crippen molar-refractivity contribution in [3.8, 4) is 5.75 Å². The van der Waals surface area contributed by atoms with E-state index in [4.69, 9.17) is 4.74 Å². The fraction of sp³-hybridized carbons (Fsp3) is 0.333. The Kier molecular flexibility index (Phi) is 9.42. The smallest absolute Gasteiger partial charge is 0.251 e. The molecule has 6 nitrogen and oxygen atoms in total. The number of benzene rings is 3. The lowest BCUT2D eigenvalue weighted by Crippen LogP contribution is -2.40. The second-order valence-electron chi connectivity index (χ2n) is 10.3. The van der Waals surface area contributed by atoms with Crippen molar-refractivity contribution in [1.29, 1.82) is 0 Å². The number of amides is 1. The van der Waals surface area contributed by atoms with Crippen molar-refractivity contribution < 1.29 is 9.53 Å². The first-order valence-electron chi connectivity index (χ1n) is 14.1. The zero-order valence-electron chi connectivity index (χ0n) is 22.5. The predicted molar refractivity (Wildman–Crippen MR) is 155 cm³/mol. The summed E-state index contributed by atoms with van der Waals surface area (Å²) >= 11 is 0. The minimum absolute atomic E-state index is 0.0381. The number of piperidine rings is 1. The Balaban J connectivity index is 1.05. The zero-order chi connectivity index (χ0) is 26.7. The van der Waals surface area contributed by atoms with Crippen LogP contribution in [0.1, 0.15) is 53.1 Å². The number of aromatic nitrogens is 2. The third kappa shape index (κ3) is 7.80.